The third-order valence-corrected chi connectivity index (χ3v) is 5.05. The van der Waals surface area contributed by atoms with Crippen LogP contribution in [0.25, 0.3) is 21.5 Å². The van der Waals surface area contributed by atoms with Gasteiger partial charge in [0, 0.05) is 12.8 Å². The second-order valence-electron chi connectivity index (χ2n) is 6.72. The molecule has 4 nitrogen and oxygen atoms in total. The van der Waals surface area contributed by atoms with Crippen molar-refractivity contribution in [1.82, 2.24) is 0 Å². The van der Waals surface area contributed by atoms with E-state index >= 15 is 0 Å². The first-order chi connectivity index (χ1) is 13.8. The number of hydrogen-bond donors (Lipinski definition) is 2. The molecule has 4 heteroatoms. The number of benzene rings is 4. The van der Waals surface area contributed by atoms with Crippen LogP contribution in [0.4, 0.5) is 0 Å². The van der Waals surface area contributed by atoms with Crippen molar-refractivity contribution in [2.24, 2.45) is 10.3 Å². The number of oxime groups is 2. The van der Waals surface area contributed by atoms with Crippen molar-refractivity contribution in [1.29, 1.82) is 0 Å². The van der Waals surface area contributed by atoms with Crippen LogP contribution in [-0.2, 0) is 12.8 Å². The smallest absolute Gasteiger partial charge is 0.109 e. The predicted molar refractivity (Wildman–Crippen MR) is 114 cm³/mol. The molecule has 0 aliphatic carbocycles. The molecule has 0 radical (unpaired) electrons. The summed E-state index contributed by atoms with van der Waals surface area (Å²) in [5.41, 5.74) is 2.74. The number of rotatable bonds is 5. The number of hydrogen-bond acceptors (Lipinski definition) is 4. The standard InChI is InChI=1S/C24H20N2O2/c27-25-23(15-19-11-5-9-17-7-1-3-13-21(17)19)24(26-28)16-20-12-6-10-18-8-2-4-14-22(18)20/h1-14,27-28H,15-16H2/b25-23-,26-24-. The third-order valence-electron chi connectivity index (χ3n) is 5.05. The van der Waals surface area contributed by atoms with Crippen LogP contribution in [0, 0.1) is 0 Å². The third kappa shape index (κ3) is 3.45. The summed E-state index contributed by atoms with van der Waals surface area (Å²) in [6.45, 7) is 0. The zero-order valence-electron chi connectivity index (χ0n) is 15.3. The van der Waals surface area contributed by atoms with E-state index in [0.29, 0.717) is 24.3 Å². The molecule has 0 aliphatic heterocycles. The molecule has 0 saturated heterocycles. The maximum absolute atomic E-state index is 9.65. The summed E-state index contributed by atoms with van der Waals surface area (Å²) in [4.78, 5) is 0. The van der Waals surface area contributed by atoms with Crippen LogP contribution in [0.15, 0.2) is 95.2 Å². The van der Waals surface area contributed by atoms with E-state index in [4.69, 9.17) is 0 Å². The first-order valence-corrected chi connectivity index (χ1v) is 9.15. The Morgan fingerprint density at radius 2 is 0.929 bits per heavy atom. The van der Waals surface area contributed by atoms with Crippen LogP contribution in [0.1, 0.15) is 11.1 Å². The van der Waals surface area contributed by atoms with Crippen molar-refractivity contribution in [2.75, 3.05) is 0 Å². The Bertz CT molecular complexity index is 1090. The zero-order valence-corrected chi connectivity index (χ0v) is 15.3. The molecule has 0 aliphatic rings. The molecular formula is C24H20N2O2. The summed E-state index contributed by atoms with van der Waals surface area (Å²) in [7, 11) is 0. The molecule has 0 spiro atoms. The van der Waals surface area contributed by atoms with Gasteiger partial charge in [0.1, 0.15) is 11.4 Å². The van der Waals surface area contributed by atoms with E-state index in [0.717, 1.165) is 32.7 Å². The van der Waals surface area contributed by atoms with Gasteiger partial charge in [-0.15, -0.1) is 0 Å². The summed E-state index contributed by atoms with van der Waals surface area (Å²) in [6.07, 6.45) is 0.754. The van der Waals surface area contributed by atoms with Gasteiger partial charge in [-0.1, -0.05) is 95.2 Å². The second-order valence-corrected chi connectivity index (χ2v) is 6.72. The Morgan fingerprint density at radius 3 is 1.36 bits per heavy atom. The molecule has 28 heavy (non-hydrogen) atoms. The van der Waals surface area contributed by atoms with Gasteiger partial charge >= 0.3 is 0 Å². The lowest BCUT2D eigenvalue weighted by Gasteiger charge is -2.11. The molecular weight excluding hydrogens is 348 g/mol. The highest BCUT2D eigenvalue weighted by molar-refractivity contribution is 6.43. The molecule has 0 unspecified atom stereocenters. The molecule has 4 aromatic rings. The first kappa shape index (κ1) is 17.7. The van der Waals surface area contributed by atoms with Gasteiger partial charge in [0.05, 0.1) is 0 Å². The van der Waals surface area contributed by atoms with Gasteiger partial charge in [-0.2, -0.15) is 0 Å². The van der Waals surface area contributed by atoms with Crippen LogP contribution >= 0.6 is 0 Å². The molecule has 0 amide bonds. The summed E-state index contributed by atoms with van der Waals surface area (Å²) >= 11 is 0. The largest absolute Gasteiger partial charge is 0.411 e. The average Bonchev–Trinajstić information content (AvgIpc) is 2.76. The fourth-order valence-electron chi connectivity index (χ4n) is 3.64. The van der Waals surface area contributed by atoms with Crippen LogP contribution < -0.4 is 0 Å². The Kier molecular flexibility index (Phi) is 5.02. The highest BCUT2D eigenvalue weighted by atomic mass is 16.4. The maximum Gasteiger partial charge on any atom is 0.109 e. The fraction of sp³-hybridized carbons (Fsp3) is 0.0833. The highest BCUT2D eigenvalue weighted by Gasteiger charge is 2.15. The fourth-order valence-corrected chi connectivity index (χ4v) is 3.64. The number of fused-ring (bicyclic) bond motifs is 2. The van der Waals surface area contributed by atoms with E-state index in [1.807, 2.05) is 84.9 Å². The molecule has 4 aromatic carbocycles. The molecule has 4 rings (SSSR count). The Balaban J connectivity index is 1.66. The average molecular weight is 368 g/mol. The lowest BCUT2D eigenvalue weighted by atomic mass is 9.94. The lowest BCUT2D eigenvalue weighted by Crippen LogP contribution is -2.20. The van der Waals surface area contributed by atoms with Gasteiger partial charge in [-0.3, -0.25) is 0 Å². The van der Waals surface area contributed by atoms with E-state index in [-0.39, 0.29) is 0 Å². The van der Waals surface area contributed by atoms with E-state index < -0.39 is 0 Å². The normalized spacial score (nSPS) is 12.6. The van der Waals surface area contributed by atoms with Gasteiger partial charge in [0.15, 0.2) is 0 Å². The van der Waals surface area contributed by atoms with Crippen LogP contribution in [0.2, 0.25) is 0 Å². The summed E-state index contributed by atoms with van der Waals surface area (Å²) in [6, 6.07) is 28.2. The molecule has 0 heterocycles. The van der Waals surface area contributed by atoms with E-state index in [9.17, 15) is 10.4 Å². The van der Waals surface area contributed by atoms with Gasteiger partial charge in [0.25, 0.3) is 0 Å². The van der Waals surface area contributed by atoms with Crippen LogP contribution in [0.5, 0.6) is 0 Å². The molecule has 0 atom stereocenters. The molecule has 0 fully saturated rings. The van der Waals surface area contributed by atoms with Crippen molar-refractivity contribution >= 4 is 33.0 Å². The molecule has 0 aromatic heterocycles. The minimum absolute atomic E-state index is 0.354. The predicted octanol–water partition coefficient (Wildman–Crippen LogP) is 5.44. The van der Waals surface area contributed by atoms with Gasteiger partial charge in [-0.05, 0) is 32.7 Å². The monoisotopic (exact) mass is 368 g/mol. The maximum atomic E-state index is 9.65. The lowest BCUT2D eigenvalue weighted by molar-refractivity contribution is 0.313. The van der Waals surface area contributed by atoms with Crippen molar-refractivity contribution in [3.8, 4) is 0 Å². The van der Waals surface area contributed by atoms with Crippen molar-refractivity contribution in [3.05, 3.63) is 96.1 Å². The molecule has 138 valence electrons. The molecule has 2 N–H and O–H groups in total. The first-order valence-electron chi connectivity index (χ1n) is 9.15. The number of nitrogens with zero attached hydrogens (tertiary/aromatic N) is 2. The van der Waals surface area contributed by atoms with E-state index in [1.165, 1.54) is 0 Å². The van der Waals surface area contributed by atoms with Crippen molar-refractivity contribution < 1.29 is 10.4 Å². The Morgan fingerprint density at radius 1 is 0.536 bits per heavy atom. The van der Waals surface area contributed by atoms with Crippen molar-refractivity contribution in [2.45, 2.75) is 12.8 Å². The zero-order chi connectivity index (χ0) is 19.3. The minimum atomic E-state index is 0.354. The summed E-state index contributed by atoms with van der Waals surface area (Å²) < 4.78 is 0. The quantitative estimate of drug-likeness (QED) is 0.280. The Hall–Kier alpha value is -3.66. The van der Waals surface area contributed by atoms with E-state index in [1.54, 1.807) is 0 Å². The molecule has 0 bridgehead atoms. The van der Waals surface area contributed by atoms with Gasteiger partial charge in [0.2, 0.25) is 0 Å². The van der Waals surface area contributed by atoms with Gasteiger partial charge in [-0.25, -0.2) is 0 Å². The summed E-state index contributed by atoms with van der Waals surface area (Å²) in [5, 5.41) is 30.6. The minimum Gasteiger partial charge on any atom is -0.411 e. The SMILES string of the molecule is O/N=C(Cc1cccc2ccccc12)\C(Cc1cccc2ccccc12)=N/O. The summed E-state index contributed by atoms with van der Waals surface area (Å²) in [5.74, 6) is 0. The highest BCUT2D eigenvalue weighted by Crippen LogP contribution is 2.22. The Labute approximate surface area is 163 Å². The second kappa shape index (κ2) is 7.92. The topological polar surface area (TPSA) is 65.2 Å². The molecule has 0 saturated carbocycles. The van der Waals surface area contributed by atoms with E-state index in [2.05, 4.69) is 10.3 Å². The van der Waals surface area contributed by atoms with Gasteiger partial charge < -0.3 is 10.4 Å². The van der Waals surface area contributed by atoms with Crippen LogP contribution in [-0.4, -0.2) is 21.8 Å². The van der Waals surface area contributed by atoms with Crippen LogP contribution in [0.3, 0.4) is 0 Å². The van der Waals surface area contributed by atoms with Crippen molar-refractivity contribution in [3.63, 3.8) is 0 Å².